The van der Waals surface area contributed by atoms with Crippen LogP contribution in [0.3, 0.4) is 0 Å². The van der Waals surface area contributed by atoms with E-state index in [1.54, 1.807) is 7.05 Å². The van der Waals surface area contributed by atoms with Crippen LogP contribution in [0.15, 0.2) is 30.3 Å². The minimum Gasteiger partial charge on any atom is -0.355 e. The summed E-state index contributed by atoms with van der Waals surface area (Å²) >= 11 is 0. The molecule has 0 bridgehead atoms. The third-order valence-electron chi connectivity index (χ3n) is 2.94. The van der Waals surface area contributed by atoms with E-state index < -0.39 is 6.04 Å². The second-order valence-electron chi connectivity index (χ2n) is 4.84. The van der Waals surface area contributed by atoms with Gasteiger partial charge in [-0.05, 0) is 18.4 Å². The normalized spacial score (nSPS) is 11.8. The number of carbonyl (C=O) groups is 2. The molecule has 1 rings (SSSR count). The van der Waals surface area contributed by atoms with Crippen molar-refractivity contribution in [3.8, 4) is 0 Å². The van der Waals surface area contributed by atoms with Gasteiger partial charge in [-0.2, -0.15) is 0 Å². The van der Waals surface area contributed by atoms with Crippen LogP contribution in [0.25, 0.3) is 0 Å². The summed E-state index contributed by atoms with van der Waals surface area (Å²) in [4.78, 5) is 25.0. The lowest BCUT2D eigenvalue weighted by atomic mass is 10.1. The number of hydrogen-bond acceptors (Lipinski definition) is 3. The van der Waals surface area contributed by atoms with Crippen molar-refractivity contribution in [1.29, 1.82) is 0 Å². The summed E-state index contributed by atoms with van der Waals surface area (Å²) in [5.74, 6) is -0.380. The number of carbonyl (C=O) groups excluding carboxylic acids is 2. The summed E-state index contributed by atoms with van der Waals surface area (Å²) in [6.07, 6.45) is 1.34. The summed E-state index contributed by atoms with van der Waals surface area (Å²) in [5.41, 5.74) is 6.91. The molecule has 3 N–H and O–H groups in total. The van der Waals surface area contributed by atoms with Gasteiger partial charge in [0, 0.05) is 13.6 Å². The first-order chi connectivity index (χ1) is 9.54. The first-order valence-electron chi connectivity index (χ1n) is 6.85. The predicted molar refractivity (Wildman–Crippen MR) is 79.1 cm³/mol. The highest BCUT2D eigenvalue weighted by molar-refractivity contribution is 5.87. The maximum atomic E-state index is 12.1. The summed E-state index contributed by atoms with van der Waals surface area (Å²) in [6, 6.07) is 8.98. The summed E-state index contributed by atoms with van der Waals surface area (Å²) < 4.78 is 0. The predicted octanol–water partition coefficient (Wildman–Crippen LogP) is 0.541. The van der Waals surface area contributed by atoms with Crippen LogP contribution in [-0.2, 0) is 16.0 Å². The van der Waals surface area contributed by atoms with Gasteiger partial charge in [0.25, 0.3) is 0 Å². The van der Waals surface area contributed by atoms with Crippen LogP contribution in [0, 0.1) is 0 Å². The molecule has 5 heteroatoms. The minimum atomic E-state index is -0.624. The van der Waals surface area contributed by atoms with Gasteiger partial charge in [0.2, 0.25) is 11.8 Å². The Bertz CT molecular complexity index is 434. The van der Waals surface area contributed by atoms with E-state index >= 15 is 0 Å². The molecule has 110 valence electrons. The molecule has 0 aromatic heterocycles. The summed E-state index contributed by atoms with van der Waals surface area (Å²) in [6.45, 7) is 2.64. The quantitative estimate of drug-likeness (QED) is 0.764. The number of amides is 2. The molecule has 0 radical (unpaired) electrons. The molecule has 0 aliphatic heterocycles. The first-order valence-corrected chi connectivity index (χ1v) is 6.85. The molecular weight excluding hydrogens is 254 g/mol. The van der Waals surface area contributed by atoms with Gasteiger partial charge >= 0.3 is 0 Å². The van der Waals surface area contributed by atoms with Crippen LogP contribution in [0.1, 0.15) is 18.9 Å². The zero-order valence-electron chi connectivity index (χ0n) is 12.1. The molecule has 20 heavy (non-hydrogen) atoms. The van der Waals surface area contributed by atoms with Crippen molar-refractivity contribution in [1.82, 2.24) is 10.2 Å². The maximum absolute atomic E-state index is 12.1. The highest BCUT2D eigenvalue weighted by Gasteiger charge is 2.20. The van der Waals surface area contributed by atoms with E-state index in [4.69, 9.17) is 5.73 Å². The van der Waals surface area contributed by atoms with E-state index in [0.29, 0.717) is 13.0 Å². The Morgan fingerprint density at radius 2 is 1.95 bits per heavy atom. The number of rotatable bonds is 7. The fraction of sp³-hybridized carbons (Fsp3) is 0.467. The maximum Gasteiger partial charge on any atom is 0.240 e. The van der Waals surface area contributed by atoms with E-state index in [1.165, 1.54) is 4.90 Å². The Labute approximate surface area is 120 Å². The van der Waals surface area contributed by atoms with Crippen molar-refractivity contribution in [2.45, 2.75) is 25.8 Å². The SMILES string of the molecule is CCCNC(=O)CN(C)C(=O)[C@H](N)Cc1ccccc1. The van der Waals surface area contributed by atoms with Crippen molar-refractivity contribution in [3.05, 3.63) is 35.9 Å². The van der Waals surface area contributed by atoms with Crippen molar-refractivity contribution >= 4 is 11.8 Å². The molecule has 0 unspecified atom stereocenters. The average Bonchev–Trinajstić information content (AvgIpc) is 2.45. The van der Waals surface area contributed by atoms with Crippen LogP contribution in [0.4, 0.5) is 0 Å². The van der Waals surface area contributed by atoms with Gasteiger partial charge in [-0.15, -0.1) is 0 Å². The van der Waals surface area contributed by atoms with Crippen molar-refractivity contribution in [2.24, 2.45) is 5.73 Å². The standard InChI is InChI=1S/C15H23N3O2/c1-3-9-17-14(19)11-18(2)15(20)13(16)10-12-7-5-4-6-8-12/h4-8,13H,3,9-11,16H2,1-2H3,(H,17,19)/t13-/m1/s1. The van der Waals surface area contributed by atoms with Crippen LogP contribution >= 0.6 is 0 Å². The van der Waals surface area contributed by atoms with Gasteiger partial charge in [-0.3, -0.25) is 9.59 Å². The fourth-order valence-electron chi connectivity index (χ4n) is 1.85. The molecular formula is C15H23N3O2. The monoisotopic (exact) mass is 277 g/mol. The second-order valence-corrected chi connectivity index (χ2v) is 4.84. The number of likely N-dealkylation sites (N-methyl/N-ethyl adjacent to an activating group) is 1. The number of nitrogens with one attached hydrogen (secondary N) is 1. The third-order valence-corrected chi connectivity index (χ3v) is 2.94. The third kappa shape index (κ3) is 5.40. The Morgan fingerprint density at radius 1 is 1.30 bits per heavy atom. The van der Waals surface area contributed by atoms with Crippen molar-refractivity contribution in [3.63, 3.8) is 0 Å². The number of benzene rings is 1. The topological polar surface area (TPSA) is 75.4 Å². The van der Waals surface area contributed by atoms with Gasteiger partial charge in [0.1, 0.15) is 0 Å². The van der Waals surface area contributed by atoms with Crippen LogP contribution in [-0.4, -0.2) is 42.9 Å². The number of nitrogens with zero attached hydrogens (tertiary/aromatic N) is 1. The zero-order chi connectivity index (χ0) is 15.0. The van der Waals surface area contributed by atoms with E-state index in [-0.39, 0.29) is 18.4 Å². The molecule has 0 fully saturated rings. The number of nitrogens with two attached hydrogens (primary N) is 1. The van der Waals surface area contributed by atoms with Crippen LogP contribution in [0.2, 0.25) is 0 Å². The molecule has 0 aliphatic rings. The molecule has 0 aliphatic carbocycles. The van der Waals surface area contributed by atoms with E-state index in [2.05, 4.69) is 5.32 Å². The Hall–Kier alpha value is -1.88. The molecule has 0 saturated heterocycles. The van der Waals surface area contributed by atoms with Crippen LogP contribution < -0.4 is 11.1 Å². The lowest BCUT2D eigenvalue weighted by Crippen LogP contribution is -2.46. The second kappa shape index (κ2) is 8.32. The Balaban J connectivity index is 2.45. The molecule has 1 aromatic rings. The molecule has 1 aromatic carbocycles. The lowest BCUT2D eigenvalue weighted by Gasteiger charge is -2.21. The highest BCUT2D eigenvalue weighted by Crippen LogP contribution is 2.03. The van der Waals surface area contributed by atoms with Gasteiger partial charge < -0.3 is 16.0 Å². The summed E-state index contributed by atoms with van der Waals surface area (Å²) in [5, 5.41) is 2.73. The van der Waals surface area contributed by atoms with Crippen molar-refractivity contribution in [2.75, 3.05) is 20.1 Å². The Morgan fingerprint density at radius 3 is 2.55 bits per heavy atom. The molecule has 0 heterocycles. The summed E-state index contributed by atoms with van der Waals surface area (Å²) in [7, 11) is 1.60. The first kappa shape index (κ1) is 16.2. The van der Waals surface area contributed by atoms with Crippen molar-refractivity contribution < 1.29 is 9.59 Å². The largest absolute Gasteiger partial charge is 0.355 e. The smallest absolute Gasteiger partial charge is 0.240 e. The van der Waals surface area contributed by atoms with Gasteiger partial charge in [0.15, 0.2) is 0 Å². The van der Waals surface area contributed by atoms with E-state index in [9.17, 15) is 9.59 Å². The van der Waals surface area contributed by atoms with E-state index in [1.807, 2.05) is 37.3 Å². The van der Waals surface area contributed by atoms with Gasteiger partial charge in [-0.25, -0.2) is 0 Å². The fourth-order valence-corrected chi connectivity index (χ4v) is 1.85. The Kier molecular flexibility index (Phi) is 6.73. The molecule has 2 amide bonds. The average molecular weight is 277 g/mol. The zero-order valence-corrected chi connectivity index (χ0v) is 12.1. The van der Waals surface area contributed by atoms with E-state index in [0.717, 1.165) is 12.0 Å². The molecule has 0 spiro atoms. The lowest BCUT2D eigenvalue weighted by molar-refractivity contribution is -0.135. The highest BCUT2D eigenvalue weighted by atomic mass is 16.2. The molecule has 1 atom stereocenters. The molecule has 5 nitrogen and oxygen atoms in total. The molecule has 0 saturated carbocycles. The van der Waals surface area contributed by atoms with Gasteiger partial charge in [0.05, 0.1) is 12.6 Å². The van der Waals surface area contributed by atoms with Gasteiger partial charge in [-0.1, -0.05) is 37.3 Å². The number of hydrogen-bond donors (Lipinski definition) is 2. The van der Waals surface area contributed by atoms with Crippen LogP contribution in [0.5, 0.6) is 0 Å². The minimum absolute atomic E-state index is 0.0430.